The highest BCUT2D eigenvalue weighted by molar-refractivity contribution is 7.80. The lowest BCUT2D eigenvalue weighted by molar-refractivity contribution is -0.166. The number of anilines is 1. The summed E-state index contributed by atoms with van der Waals surface area (Å²) in [6.07, 6.45) is -2.70. The normalized spacial score (nSPS) is 24.3. The molecular weight excluding hydrogens is 380 g/mol. The molecule has 1 saturated heterocycles. The molecule has 12 heteroatoms. The predicted molar refractivity (Wildman–Crippen MR) is 94.2 cm³/mol. The zero-order valence-electron chi connectivity index (χ0n) is 14.9. The van der Waals surface area contributed by atoms with Crippen molar-refractivity contribution in [3.63, 3.8) is 0 Å². The highest BCUT2D eigenvalue weighted by Gasteiger charge is 2.51. The summed E-state index contributed by atoms with van der Waals surface area (Å²) in [6.45, 7) is 3.38. The second-order valence-electron chi connectivity index (χ2n) is 5.77. The molecule has 4 atom stereocenters. The van der Waals surface area contributed by atoms with Gasteiger partial charge in [-0.1, -0.05) is 12.2 Å². The molecule has 0 aliphatic carbocycles. The summed E-state index contributed by atoms with van der Waals surface area (Å²) in [6, 6.07) is 0. The zero-order chi connectivity index (χ0) is 20.3. The van der Waals surface area contributed by atoms with E-state index in [4.69, 9.17) is 42.6 Å². The second kappa shape index (κ2) is 8.31. The summed E-state index contributed by atoms with van der Waals surface area (Å²) in [5.41, 5.74) is 11.7. The number of esters is 3. The number of ether oxygens (including phenoxy) is 4. The molecule has 1 aliphatic rings. The third kappa shape index (κ3) is 4.71. The van der Waals surface area contributed by atoms with Crippen LogP contribution in [-0.2, 0) is 33.3 Å². The number of nitrogens with zero attached hydrogens (tertiary/aromatic N) is 2. The average molecular weight is 400 g/mol. The summed E-state index contributed by atoms with van der Waals surface area (Å²) in [5.74, 6) is -1.73. The van der Waals surface area contributed by atoms with Crippen molar-refractivity contribution in [1.29, 1.82) is 0 Å². The molecule has 27 heavy (non-hydrogen) atoms. The third-order valence-corrected chi connectivity index (χ3v) is 3.87. The Hall–Kier alpha value is -2.73. The Balaban J connectivity index is 2.41. The van der Waals surface area contributed by atoms with E-state index in [-0.39, 0.29) is 23.1 Å². The standard InChI is InChI=1S/C15H20N4O7S/c1-6(20)23-4-9-11(24-7(2)21)12(25-8(3)22)15(26-9)19-5-18-10(13(19)16)14(17)27/h5,9,11-12,15H,4,16H2,1-3H3,(H2,17,27). The Morgan fingerprint density at radius 3 is 2.26 bits per heavy atom. The Morgan fingerprint density at radius 2 is 1.78 bits per heavy atom. The highest BCUT2D eigenvalue weighted by atomic mass is 32.1. The number of aromatic nitrogens is 2. The van der Waals surface area contributed by atoms with E-state index in [0.29, 0.717) is 0 Å². The van der Waals surface area contributed by atoms with Crippen molar-refractivity contribution in [3.8, 4) is 0 Å². The summed E-state index contributed by atoms with van der Waals surface area (Å²) < 4.78 is 22.7. The van der Waals surface area contributed by atoms with E-state index in [0.717, 1.165) is 0 Å². The van der Waals surface area contributed by atoms with Crippen molar-refractivity contribution >= 4 is 40.9 Å². The molecule has 0 aromatic carbocycles. The van der Waals surface area contributed by atoms with Crippen molar-refractivity contribution in [1.82, 2.24) is 9.55 Å². The van der Waals surface area contributed by atoms with Gasteiger partial charge in [-0.05, 0) is 0 Å². The van der Waals surface area contributed by atoms with Crippen LogP contribution in [0.15, 0.2) is 6.33 Å². The lowest BCUT2D eigenvalue weighted by atomic mass is 10.1. The molecule has 148 valence electrons. The van der Waals surface area contributed by atoms with Gasteiger partial charge in [-0.25, -0.2) is 4.98 Å². The van der Waals surface area contributed by atoms with Gasteiger partial charge in [0.1, 0.15) is 29.2 Å². The summed E-state index contributed by atoms with van der Waals surface area (Å²) in [7, 11) is 0. The molecule has 2 heterocycles. The fourth-order valence-electron chi connectivity index (χ4n) is 2.68. The van der Waals surface area contributed by atoms with Crippen LogP contribution in [0, 0.1) is 0 Å². The van der Waals surface area contributed by atoms with E-state index in [1.54, 1.807) is 0 Å². The Labute approximate surface area is 159 Å². The van der Waals surface area contributed by atoms with Crippen LogP contribution in [0.2, 0.25) is 0 Å². The molecular formula is C15H20N4O7S. The molecule has 0 amide bonds. The number of hydrogen-bond acceptors (Lipinski definition) is 10. The van der Waals surface area contributed by atoms with Crippen LogP contribution >= 0.6 is 12.2 Å². The molecule has 0 bridgehead atoms. The molecule has 0 saturated carbocycles. The van der Waals surface area contributed by atoms with Gasteiger partial charge in [0, 0.05) is 20.8 Å². The fraction of sp³-hybridized carbons (Fsp3) is 0.533. The fourth-order valence-corrected chi connectivity index (χ4v) is 2.84. The van der Waals surface area contributed by atoms with Crippen LogP contribution in [-0.4, -0.2) is 57.4 Å². The number of nitrogens with two attached hydrogens (primary N) is 2. The van der Waals surface area contributed by atoms with Gasteiger partial charge in [-0.2, -0.15) is 0 Å². The van der Waals surface area contributed by atoms with Gasteiger partial charge in [0.2, 0.25) is 0 Å². The van der Waals surface area contributed by atoms with Crippen molar-refractivity contribution in [2.45, 2.75) is 45.3 Å². The minimum atomic E-state index is -1.07. The van der Waals surface area contributed by atoms with Gasteiger partial charge in [-0.15, -0.1) is 0 Å². The molecule has 1 aromatic rings. The number of nitrogen functional groups attached to an aromatic ring is 1. The van der Waals surface area contributed by atoms with Crippen molar-refractivity contribution in [2.24, 2.45) is 5.73 Å². The summed E-state index contributed by atoms with van der Waals surface area (Å²) in [4.78, 5) is 38.2. The minimum Gasteiger partial charge on any atom is -0.463 e. The number of imidazole rings is 1. The Kier molecular flexibility index (Phi) is 6.33. The van der Waals surface area contributed by atoms with E-state index in [2.05, 4.69) is 4.98 Å². The van der Waals surface area contributed by atoms with E-state index in [9.17, 15) is 14.4 Å². The van der Waals surface area contributed by atoms with Crippen molar-refractivity contribution in [2.75, 3.05) is 12.3 Å². The van der Waals surface area contributed by atoms with Crippen molar-refractivity contribution in [3.05, 3.63) is 12.0 Å². The first-order valence-corrected chi connectivity index (χ1v) is 8.28. The SMILES string of the molecule is CC(=O)OCC1OC(n2cnc(C(N)=S)c2N)C(OC(C)=O)C1OC(C)=O. The smallest absolute Gasteiger partial charge is 0.303 e. The number of thiocarbonyl (C=S) groups is 1. The molecule has 0 radical (unpaired) electrons. The molecule has 2 rings (SSSR count). The monoisotopic (exact) mass is 400 g/mol. The average Bonchev–Trinajstić information content (AvgIpc) is 3.06. The molecule has 1 aromatic heterocycles. The zero-order valence-corrected chi connectivity index (χ0v) is 15.7. The Bertz CT molecular complexity index is 765. The number of rotatable bonds is 6. The van der Waals surface area contributed by atoms with Gasteiger partial charge >= 0.3 is 17.9 Å². The maximum Gasteiger partial charge on any atom is 0.303 e. The van der Waals surface area contributed by atoms with Crippen LogP contribution in [0.25, 0.3) is 0 Å². The minimum absolute atomic E-state index is 0.0266. The van der Waals surface area contributed by atoms with Crippen molar-refractivity contribution < 1.29 is 33.3 Å². The van der Waals surface area contributed by atoms with E-state index >= 15 is 0 Å². The molecule has 11 nitrogen and oxygen atoms in total. The quantitative estimate of drug-likeness (QED) is 0.357. The first kappa shape index (κ1) is 20.6. The van der Waals surface area contributed by atoms with Crippen LogP contribution in [0.1, 0.15) is 32.7 Å². The first-order chi connectivity index (χ1) is 12.6. The molecule has 4 N–H and O–H groups in total. The van der Waals surface area contributed by atoms with Crippen LogP contribution < -0.4 is 11.5 Å². The lowest BCUT2D eigenvalue weighted by Gasteiger charge is -2.24. The maximum atomic E-state index is 11.6. The van der Waals surface area contributed by atoms with Gasteiger partial charge < -0.3 is 30.4 Å². The van der Waals surface area contributed by atoms with Gasteiger partial charge in [0.25, 0.3) is 0 Å². The summed E-state index contributed by atoms with van der Waals surface area (Å²) in [5, 5.41) is 0. The van der Waals surface area contributed by atoms with Crippen LogP contribution in [0.3, 0.4) is 0 Å². The molecule has 0 spiro atoms. The van der Waals surface area contributed by atoms with E-state index in [1.165, 1.54) is 31.7 Å². The number of hydrogen-bond donors (Lipinski definition) is 2. The first-order valence-electron chi connectivity index (χ1n) is 7.87. The van der Waals surface area contributed by atoms with Gasteiger partial charge in [0.15, 0.2) is 18.4 Å². The van der Waals surface area contributed by atoms with Gasteiger partial charge in [0.05, 0.1) is 6.33 Å². The summed E-state index contributed by atoms with van der Waals surface area (Å²) >= 11 is 4.88. The lowest BCUT2D eigenvalue weighted by Crippen LogP contribution is -2.40. The Morgan fingerprint density at radius 1 is 1.19 bits per heavy atom. The largest absolute Gasteiger partial charge is 0.463 e. The predicted octanol–water partition coefficient (Wildman–Crippen LogP) is -0.577. The second-order valence-corrected chi connectivity index (χ2v) is 6.21. The van der Waals surface area contributed by atoms with Gasteiger partial charge in [-0.3, -0.25) is 19.0 Å². The maximum absolute atomic E-state index is 11.6. The topological polar surface area (TPSA) is 158 Å². The molecule has 4 unspecified atom stereocenters. The molecule has 1 aliphatic heterocycles. The highest BCUT2D eigenvalue weighted by Crippen LogP contribution is 2.36. The molecule has 1 fully saturated rings. The third-order valence-electron chi connectivity index (χ3n) is 3.68. The van der Waals surface area contributed by atoms with E-state index in [1.807, 2.05) is 0 Å². The number of carbonyl (C=O) groups excluding carboxylic acids is 3. The van der Waals surface area contributed by atoms with Crippen LogP contribution in [0.4, 0.5) is 5.82 Å². The number of carbonyl (C=O) groups is 3. The van der Waals surface area contributed by atoms with Crippen LogP contribution in [0.5, 0.6) is 0 Å². The van der Waals surface area contributed by atoms with E-state index < -0.39 is 42.4 Å².